The zero-order chi connectivity index (χ0) is 7.56. The predicted molar refractivity (Wildman–Crippen MR) is 48.6 cm³/mol. The third-order valence-corrected chi connectivity index (χ3v) is 3.85. The maximum Gasteiger partial charge on any atom is 0.0180 e. The average molecular weight is 159 g/mol. The molecule has 0 aliphatic carbocycles. The fraction of sp³-hybridized carbons (Fsp3) is 1.00. The summed E-state index contributed by atoms with van der Waals surface area (Å²) >= 11 is 2.11. The second kappa shape index (κ2) is 3.63. The van der Waals surface area contributed by atoms with Crippen LogP contribution >= 0.6 is 11.8 Å². The minimum Gasteiger partial charge on any atom is -0.303 e. The number of hydrogen-bond donors (Lipinski definition) is 0. The van der Waals surface area contributed by atoms with Crippen LogP contribution in [0.15, 0.2) is 0 Å². The second-order valence-electron chi connectivity index (χ2n) is 3.15. The third kappa shape index (κ3) is 1.89. The normalized spacial score (nSPS) is 37.5. The molecule has 60 valence electrons. The summed E-state index contributed by atoms with van der Waals surface area (Å²) in [6, 6.07) is 0.757. The van der Waals surface area contributed by atoms with Gasteiger partial charge >= 0.3 is 0 Å². The molecule has 0 saturated carbocycles. The van der Waals surface area contributed by atoms with E-state index < -0.39 is 0 Å². The fourth-order valence-electron chi connectivity index (χ4n) is 1.28. The molecule has 1 heterocycles. The monoisotopic (exact) mass is 159 g/mol. The molecule has 0 aromatic carbocycles. The first-order valence-corrected chi connectivity index (χ1v) is 5.08. The molecule has 0 aromatic heterocycles. The molecular weight excluding hydrogens is 142 g/mol. The second-order valence-corrected chi connectivity index (χ2v) is 4.64. The maximum absolute atomic E-state index is 2.46. The van der Waals surface area contributed by atoms with Gasteiger partial charge in [0.25, 0.3) is 0 Å². The summed E-state index contributed by atoms with van der Waals surface area (Å²) in [5.74, 6) is 1.34. The average Bonchev–Trinajstić information content (AvgIpc) is 2.04. The van der Waals surface area contributed by atoms with Gasteiger partial charge in [-0.2, -0.15) is 11.8 Å². The Hall–Kier alpha value is 0.310. The van der Waals surface area contributed by atoms with Crippen molar-refractivity contribution in [2.75, 3.05) is 19.3 Å². The van der Waals surface area contributed by atoms with Crippen molar-refractivity contribution in [3.63, 3.8) is 0 Å². The zero-order valence-corrected chi connectivity index (χ0v) is 7.95. The molecule has 0 radical (unpaired) electrons. The highest BCUT2D eigenvalue weighted by molar-refractivity contribution is 7.99. The van der Waals surface area contributed by atoms with E-state index in [1.54, 1.807) is 0 Å². The number of rotatable bonds is 0. The molecule has 0 bridgehead atoms. The Morgan fingerprint density at radius 3 is 2.80 bits per heavy atom. The van der Waals surface area contributed by atoms with Crippen molar-refractivity contribution in [2.45, 2.75) is 31.6 Å². The van der Waals surface area contributed by atoms with Crippen LogP contribution in [-0.2, 0) is 0 Å². The molecule has 0 N–H and O–H groups in total. The highest BCUT2D eigenvalue weighted by Gasteiger charge is 2.19. The van der Waals surface area contributed by atoms with Gasteiger partial charge in [-0.15, -0.1) is 0 Å². The Morgan fingerprint density at radius 2 is 2.10 bits per heavy atom. The van der Waals surface area contributed by atoms with Crippen LogP contribution in [0.4, 0.5) is 0 Å². The van der Waals surface area contributed by atoms with Crippen LogP contribution in [0.3, 0.4) is 0 Å². The molecule has 1 fully saturated rings. The largest absolute Gasteiger partial charge is 0.303 e. The lowest BCUT2D eigenvalue weighted by atomic mass is 10.2. The zero-order valence-electron chi connectivity index (χ0n) is 7.13. The smallest absolute Gasteiger partial charge is 0.0180 e. The molecule has 10 heavy (non-hydrogen) atoms. The van der Waals surface area contributed by atoms with Crippen LogP contribution in [0.5, 0.6) is 0 Å². The van der Waals surface area contributed by atoms with E-state index in [-0.39, 0.29) is 0 Å². The third-order valence-electron chi connectivity index (χ3n) is 2.41. The van der Waals surface area contributed by atoms with Crippen molar-refractivity contribution < 1.29 is 0 Å². The van der Waals surface area contributed by atoms with E-state index in [4.69, 9.17) is 0 Å². The quantitative estimate of drug-likeness (QED) is 0.530. The molecule has 1 nitrogen and oxygen atoms in total. The summed E-state index contributed by atoms with van der Waals surface area (Å²) in [5.41, 5.74) is 0. The van der Waals surface area contributed by atoms with Crippen LogP contribution in [0, 0.1) is 0 Å². The molecular formula is C8H17NS. The van der Waals surface area contributed by atoms with Gasteiger partial charge < -0.3 is 4.90 Å². The van der Waals surface area contributed by atoms with Gasteiger partial charge in [-0.05, 0) is 32.7 Å². The van der Waals surface area contributed by atoms with Gasteiger partial charge in [-0.1, -0.05) is 6.92 Å². The van der Waals surface area contributed by atoms with E-state index in [9.17, 15) is 0 Å². The molecule has 1 aliphatic rings. The standard InChI is InChI=1S/C8H17NS/c1-7-8(2)10-6-4-5-9(7)3/h7-8H,4-6H2,1-3H3. The topological polar surface area (TPSA) is 3.24 Å². The van der Waals surface area contributed by atoms with E-state index >= 15 is 0 Å². The Labute approximate surface area is 68.2 Å². The van der Waals surface area contributed by atoms with Gasteiger partial charge in [-0.25, -0.2) is 0 Å². The summed E-state index contributed by atoms with van der Waals surface area (Å²) in [5, 5.41) is 0.812. The molecule has 0 aromatic rings. The molecule has 2 unspecified atom stereocenters. The first-order valence-electron chi connectivity index (χ1n) is 4.03. The fourth-order valence-corrected chi connectivity index (χ4v) is 2.44. The molecule has 1 saturated heterocycles. The lowest BCUT2D eigenvalue weighted by molar-refractivity contribution is 0.263. The van der Waals surface area contributed by atoms with Crippen molar-refractivity contribution >= 4 is 11.8 Å². The molecule has 2 atom stereocenters. The van der Waals surface area contributed by atoms with Gasteiger partial charge in [-0.3, -0.25) is 0 Å². The molecule has 0 amide bonds. The lowest BCUT2D eigenvalue weighted by Crippen LogP contribution is -2.34. The van der Waals surface area contributed by atoms with Crippen LogP contribution in [0.25, 0.3) is 0 Å². The van der Waals surface area contributed by atoms with Crippen molar-refractivity contribution in [3.05, 3.63) is 0 Å². The first kappa shape index (κ1) is 8.41. The van der Waals surface area contributed by atoms with E-state index in [1.165, 1.54) is 18.7 Å². The van der Waals surface area contributed by atoms with E-state index in [0.29, 0.717) is 0 Å². The SMILES string of the molecule is CC1SCCCN(C)C1C. The van der Waals surface area contributed by atoms with Crippen LogP contribution in [0.2, 0.25) is 0 Å². The van der Waals surface area contributed by atoms with E-state index in [0.717, 1.165) is 11.3 Å². The predicted octanol–water partition coefficient (Wildman–Crippen LogP) is 1.83. The number of thioether (sulfide) groups is 1. The minimum absolute atomic E-state index is 0.757. The first-order chi connectivity index (χ1) is 4.72. The van der Waals surface area contributed by atoms with Crippen molar-refractivity contribution in [1.82, 2.24) is 4.90 Å². The van der Waals surface area contributed by atoms with Crippen molar-refractivity contribution in [3.8, 4) is 0 Å². The Kier molecular flexibility index (Phi) is 3.05. The van der Waals surface area contributed by atoms with Crippen LogP contribution in [-0.4, -0.2) is 35.5 Å². The summed E-state index contributed by atoms with van der Waals surface area (Å²) in [7, 11) is 2.23. The molecule has 1 aliphatic heterocycles. The maximum atomic E-state index is 2.46. The molecule has 0 spiro atoms. The van der Waals surface area contributed by atoms with E-state index in [1.807, 2.05) is 0 Å². The Bertz CT molecular complexity index is 93.4. The summed E-state index contributed by atoms with van der Waals surface area (Å²) in [4.78, 5) is 2.46. The summed E-state index contributed by atoms with van der Waals surface area (Å²) in [6.07, 6.45) is 1.36. The van der Waals surface area contributed by atoms with E-state index in [2.05, 4.69) is 37.6 Å². The van der Waals surface area contributed by atoms with Crippen LogP contribution in [0.1, 0.15) is 20.3 Å². The number of hydrogen-bond acceptors (Lipinski definition) is 2. The minimum atomic E-state index is 0.757. The number of nitrogens with zero attached hydrogens (tertiary/aromatic N) is 1. The lowest BCUT2D eigenvalue weighted by Gasteiger charge is -2.25. The van der Waals surface area contributed by atoms with Gasteiger partial charge in [0.1, 0.15) is 0 Å². The van der Waals surface area contributed by atoms with Crippen molar-refractivity contribution in [2.24, 2.45) is 0 Å². The summed E-state index contributed by atoms with van der Waals surface area (Å²) < 4.78 is 0. The highest BCUT2D eigenvalue weighted by Crippen LogP contribution is 2.22. The Morgan fingerprint density at radius 1 is 1.40 bits per heavy atom. The van der Waals surface area contributed by atoms with Gasteiger partial charge in [0, 0.05) is 11.3 Å². The van der Waals surface area contributed by atoms with Crippen LogP contribution < -0.4 is 0 Å². The summed E-state index contributed by atoms with van der Waals surface area (Å²) in [6.45, 7) is 5.93. The van der Waals surface area contributed by atoms with Gasteiger partial charge in [0.2, 0.25) is 0 Å². The van der Waals surface area contributed by atoms with Gasteiger partial charge in [0.15, 0.2) is 0 Å². The molecule has 2 heteroatoms. The Balaban J connectivity index is 2.46. The molecule has 1 rings (SSSR count). The van der Waals surface area contributed by atoms with Gasteiger partial charge in [0.05, 0.1) is 0 Å². The highest BCUT2D eigenvalue weighted by atomic mass is 32.2. The van der Waals surface area contributed by atoms with Crippen molar-refractivity contribution in [1.29, 1.82) is 0 Å².